The van der Waals surface area contributed by atoms with Gasteiger partial charge in [0.05, 0.1) is 10.0 Å². The van der Waals surface area contributed by atoms with Gasteiger partial charge < -0.3 is 10.1 Å². The molecule has 0 aliphatic carbocycles. The molecule has 0 spiro atoms. The lowest BCUT2D eigenvalue weighted by molar-refractivity contribution is -0.0504. The van der Waals surface area contributed by atoms with E-state index >= 15 is 0 Å². The highest BCUT2D eigenvalue weighted by molar-refractivity contribution is 6.35. The fraction of sp³-hybridized carbons (Fsp3) is 0.143. The van der Waals surface area contributed by atoms with Crippen molar-refractivity contribution in [3.8, 4) is 5.75 Å². The van der Waals surface area contributed by atoms with Gasteiger partial charge in [0.25, 0.3) is 0 Å². The summed E-state index contributed by atoms with van der Waals surface area (Å²) < 4.78 is 42.3. The van der Waals surface area contributed by atoms with Crippen molar-refractivity contribution >= 4 is 28.9 Å². The molecule has 21 heavy (non-hydrogen) atoms. The summed E-state index contributed by atoms with van der Waals surface area (Å²) in [5.41, 5.74) is 0.993. The number of nitrogens with one attached hydrogen (secondary N) is 1. The van der Waals surface area contributed by atoms with E-state index in [1.165, 1.54) is 18.2 Å². The molecule has 0 unspecified atom stereocenters. The Bertz CT molecular complexity index is 614. The van der Waals surface area contributed by atoms with Crippen molar-refractivity contribution in [1.82, 2.24) is 0 Å². The van der Waals surface area contributed by atoms with Crippen molar-refractivity contribution in [1.29, 1.82) is 0 Å². The molecule has 112 valence electrons. The molecule has 0 bridgehead atoms. The van der Waals surface area contributed by atoms with Crippen molar-refractivity contribution < 1.29 is 17.9 Å². The molecule has 0 aromatic heterocycles. The van der Waals surface area contributed by atoms with E-state index in [0.29, 0.717) is 11.3 Å². The fourth-order valence-electron chi connectivity index (χ4n) is 1.72. The molecule has 0 saturated carbocycles. The lowest BCUT2D eigenvalue weighted by Gasteiger charge is -2.12. The second-order valence-corrected chi connectivity index (χ2v) is 4.91. The van der Waals surface area contributed by atoms with Crippen LogP contribution in [0, 0.1) is 5.82 Å². The first kappa shape index (κ1) is 15.8. The summed E-state index contributed by atoms with van der Waals surface area (Å²) in [5, 5.41) is 2.68. The molecule has 2 aromatic carbocycles. The Morgan fingerprint density at radius 2 is 1.71 bits per heavy atom. The van der Waals surface area contributed by atoms with Gasteiger partial charge in [-0.2, -0.15) is 8.78 Å². The van der Waals surface area contributed by atoms with Gasteiger partial charge in [0.2, 0.25) is 0 Å². The van der Waals surface area contributed by atoms with Crippen molar-refractivity contribution in [2.45, 2.75) is 13.2 Å². The monoisotopic (exact) mass is 335 g/mol. The van der Waals surface area contributed by atoms with E-state index in [1.54, 1.807) is 18.2 Å². The van der Waals surface area contributed by atoms with Gasteiger partial charge in [-0.15, -0.1) is 0 Å². The van der Waals surface area contributed by atoms with Gasteiger partial charge in [0, 0.05) is 17.8 Å². The third-order valence-corrected chi connectivity index (χ3v) is 3.21. The Kier molecular flexibility index (Phi) is 5.20. The summed E-state index contributed by atoms with van der Waals surface area (Å²) in [6, 6.07) is 9.08. The highest BCUT2D eigenvalue weighted by Gasteiger charge is 2.10. The van der Waals surface area contributed by atoms with Crippen molar-refractivity contribution in [3.63, 3.8) is 0 Å². The first-order valence-electron chi connectivity index (χ1n) is 5.88. The molecule has 2 rings (SSSR count). The minimum absolute atomic E-state index is 0.0688. The molecule has 0 saturated heterocycles. The SMILES string of the molecule is Fc1c(Cl)cc(NCc2ccccc2OC(F)F)cc1Cl. The zero-order valence-electron chi connectivity index (χ0n) is 10.5. The molecule has 2 nitrogen and oxygen atoms in total. The number of halogens is 5. The summed E-state index contributed by atoms with van der Waals surface area (Å²) >= 11 is 11.4. The van der Waals surface area contributed by atoms with Crippen molar-refractivity contribution in [2.75, 3.05) is 5.32 Å². The van der Waals surface area contributed by atoms with Gasteiger partial charge in [-0.25, -0.2) is 4.39 Å². The summed E-state index contributed by atoms with van der Waals surface area (Å²) in [6.45, 7) is -2.71. The second kappa shape index (κ2) is 6.91. The van der Waals surface area contributed by atoms with E-state index in [0.717, 1.165) is 0 Å². The Labute approximate surface area is 129 Å². The van der Waals surface area contributed by atoms with Crippen LogP contribution in [0.15, 0.2) is 36.4 Å². The molecule has 1 N–H and O–H groups in total. The number of para-hydroxylation sites is 1. The fourth-order valence-corrected chi connectivity index (χ4v) is 2.20. The van der Waals surface area contributed by atoms with Crippen LogP contribution in [0.1, 0.15) is 5.56 Å². The van der Waals surface area contributed by atoms with Crippen LogP contribution in [-0.2, 0) is 6.54 Å². The summed E-state index contributed by atoms with van der Waals surface area (Å²) in [5.74, 6) is -0.635. The number of benzene rings is 2. The number of hydrogen-bond donors (Lipinski definition) is 1. The molecule has 7 heteroatoms. The minimum atomic E-state index is -2.90. The Morgan fingerprint density at radius 3 is 2.33 bits per heavy atom. The van der Waals surface area contributed by atoms with Crippen molar-refractivity contribution in [3.05, 3.63) is 57.8 Å². The van der Waals surface area contributed by atoms with E-state index in [1.807, 2.05) is 0 Å². The molecule has 0 radical (unpaired) electrons. The van der Waals surface area contributed by atoms with E-state index in [2.05, 4.69) is 10.1 Å². The molecule has 0 aliphatic rings. The maximum atomic E-state index is 13.3. The van der Waals surface area contributed by atoms with Crippen LogP contribution in [0.3, 0.4) is 0 Å². The van der Waals surface area contributed by atoms with Crippen LogP contribution in [-0.4, -0.2) is 6.61 Å². The first-order valence-corrected chi connectivity index (χ1v) is 6.64. The topological polar surface area (TPSA) is 21.3 Å². The zero-order chi connectivity index (χ0) is 15.4. The van der Waals surface area contributed by atoms with Gasteiger partial charge in [-0.1, -0.05) is 41.4 Å². The smallest absolute Gasteiger partial charge is 0.387 e. The Morgan fingerprint density at radius 1 is 1.10 bits per heavy atom. The van der Waals surface area contributed by atoms with E-state index in [4.69, 9.17) is 23.2 Å². The summed E-state index contributed by atoms with van der Waals surface area (Å²) in [4.78, 5) is 0. The molecular formula is C14H10Cl2F3NO. The third-order valence-electron chi connectivity index (χ3n) is 2.66. The van der Waals surface area contributed by atoms with Gasteiger partial charge in [0.1, 0.15) is 5.75 Å². The third kappa shape index (κ3) is 4.19. The Hall–Kier alpha value is -1.59. The van der Waals surface area contributed by atoms with E-state index in [9.17, 15) is 13.2 Å². The molecule has 0 amide bonds. The van der Waals surface area contributed by atoms with Crippen LogP contribution >= 0.6 is 23.2 Å². The van der Waals surface area contributed by atoms with Crippen LogP contribution in [0.25, 0.3) is 0 Å². The number of anilines is 1. The highest BCUT2D eigenvalue weighted by atomic mass is 35.5. The Balaban J connectivity index is 2.13. The standard InChI is InChI=1S/C14H10Cl2F3NO/c15-10-5-9(6-11(16)13(10)17)20-7-8-3-1-2-4-12(8)21-14(18)19/h1-6,14,20H,7H2. The van der Waals surface area contributed by atoms with Crippen LogP contribution in [0.5, 0.6) is 5.75 Å². The normalized spacial score (nSPS) is 10.8. The largest absolute Gasteiger partial charge is 0.434 e. The lowest BCUT2D eigenvalue weighted by atomic mass is 10.2. The predicted molar refractivity (Wildman–Crippen MR) is 76.8 cm³/mol. The van der Waals surface area contributed by atoms with Gasteiger partial charge in [-0.05, 0) is 18.2 Å². The maximum Gasteiger partial charge on any atom is 0.387 e. The van der Waals surface area contributed by atoms with E-state index < -0.39 is 12.4 Å². The molecular weight excluding hydrogens is 326 g/mol. The number of rotatable bonds is 5. The van der Waals surface area contributed by atoms with Gasteiger partial charge >= 0.3 is 6.61 Å². The summed E-state index contributed by atoms with van der Waals surface area (Å²) in [7, 11) is 0. The quantitative estimate of drug-likeness (QED) is 0.744. The molecule has 0 heterocycles. The second-order valence-electron chi connectivity index (χ2n) is 4.09. The zero-order valence-corrected chi connectivity index (χ0v) is 12.1. The summed E-state index contributed by atoms with van der Waals surface area (Å²) in [6.07, 6.45) is 0. The average Bonchev–Trinajstić information content (AvgIpc) is 2.43. The highest BCUT2D eigenvalue weighted by Crippen LogP contribution is 2.28. The van der Waals surface area contributed by atoms with Crippen LogP contribution < -0.4 is 10.1 Å². The molecule has 2 aromatic rings. The molecule has 0 aliphatic heterocycles. The predicted octanol–water partition coefficient (Wildman–Crippen LogP) is 5.35. The number of ether oxygens (including phenoxy) is 1. The van der Waals surface area contributed by atoms with E-state index in [-0.39, 0.29) is 22.3 Å². The lowest BCUT2D eigenvalue weighted by Crippen LogP contribution is -2.07. The molecule has 0 atom stereocenters. The van der Waals surface area contributed by atoms with Gasteiger partial charge in [-0.3, -0.25) is 0 Å². The van der Waals surface area contributed by atoms with Crippen LogP contribution in [0.4, 0.5) is 18.9 Å². The maximum absolute atomic E-state index is 13.3. The number of hydrogen-bond acceptors (Lipinski definition) is 2. The minimum Gasteiger partial charge on any atom is -0.434 e. The van der Waals surface area contributed by atoms with Crippen LogP contribution in [0.2, 0.25) is 10.0 Å². The molecule has 0 fully saturated rings. The van der Waals surface area contributed by atoms with Gasteiger partial charge in [0.15, 0.2) is 5.82 Å². The first-order chi connectivity index (χ1) is 9.97. The van der Waals surface area contributed by atoms with Crippen molar-refractivity contribution in [2.24, 2.45) is 0 Å². The average molecular weight is 336 g/mol. The number of alkyl halides is 2.